The van der Waals surface area contributed by atoms with Crippen LogP contribution in [0.1, 0.15) is 6.92 Å². The Bertz CT molecular complexity index is 396. The van der Waals surface area contributed by atoms with Crippen molar-refractivity contribution in [2.75, 3.05) is 5.73 Å². The molecular formula is C9H10F2N2O2. The van der Waals surface area contributed by atoms with E-state index in [9.17, 15) is 13.6 Å². The van der Waals surface area contributed by atoms with E-state index < -0.39 is 29.4 Å². The zero-order valence-corrected chi connectivity index (χ0v) is 7.96. The lowest BCUT2D eigenvalue weighted by molar-refractivity contribution is -0.124. The first-order valence-corrected chi connectivity index (χ1v) is 4.12. The normalized spacial score (nSPS) is 12.2. The van der Waals surface area contributed by atoms with E-state index >= 15 is 0 Å². The van der Waals surface area contributed by atoms with Crippen LogP contribution < -0.4 is 16.2 Å². The van der Waals surface area contributed by atoms with Gasteiger partial charge in [0.25, 0.3) is 5.91 Å². The summed E-state index contributed by atoms with van der Waals surface area (Å²) in [5.41, 5.74) is 9.69. The minimum atomic E-state index is -1.04. The molecule has 6 heteroatoms. The van der Waals surface area contributed by atoms with Gasteiger partial charge >= 0.3 is 0 Å². The largest absolute Gasteiger partial charge is 0.478 e. The average molecular weight is 216 g/mol. The maximum atomic E-state index is 13.1. The van der Waals surface area contributed by atoms with Gasteiger partial charge in [-0.05, 0) is 6.92 Å². The highest BCUT2D eigenvalue weighted by atomic mass is 19.1. The molecule has 0 aliphatic heterocycles. The summed E-state index contributed by atoms with van der Waals surface area (Å²) in [6, 6.07) is 1.54. The Balaban J connectivity index is 2.95. The van der Waals surface area contributed by atoms with Crippen LogP contribution in [0.15, 0.2) is 12.1 Å². The number of nitrogen functional groups attached to an aromatic ring is 1. The minimum absolute atomic E-state index is 0.327. The van der Waals surface area contributed by atoms with Gasteiger partial charge in [-0.3, -0.25) is 4.79 Å². The number of amides is 1. The van der Waals surface area contributed by atoms with E-state index in [1.807, 2.05) is 0 Å². The number of primary amides is 1. The van der Waals surface area contributed by atoms with Crippen molar-refractivity contribution in [2.24, 2.45) is 5.73 Å². The second-order valence-corrected chi connectivity index (χ2v) is 2.97. The molecule has 0 spiro atoms. The number of rotatable bonds is 3. The van der Waals surface area contributed by atoms with Crippen LogP contribution in [0.4, 0.5) is 14.5 Å². The van der Waals surface area contributed by atoms with Gasteiger partial charge in [0, 0.05) is 12.1 Å². The third kappa shape index (κ3) is 2.55. The molecule has 0 saturated heterocycles. The van der Waals surface area contributed by atoms with Gasteiger partial charge in [0.1, 0.15) is 5.82 Å². The number of benzene rings is 1. The van der Waals surface area contributed by atoms with Gasteiger partial charge in [0.15, 0.2) is 17.7 Å². The molecule has 0 aliphatic carbocycles. The highest BCUT2D eigenvalue weighted by molar-refractivity contribution is 5.78. The molecule has 82 valence electrons. The third-order valence-electron chi connectivity index (χ3n) is 1.76. The van der Waals surface area contributed by atoms with Crippen LogP contribution in [-0.4, -0.2) is 12.0 Å². The second-order valence-electron chi connectivity index (χ2n) is 2.97. The van der Waals surface area contributed by atoms with E-state index in [0.29, 0.717) is 0 Å². The SMILES string of the molecule is CC(Oc1cc(F)c(N)cc1F)C(N)=O. The Labute approximate surface area is 84.8 Å². The predicted molar refractivity (Wildman–Crippen MR) is 50.1 cm³/mol. The van der Waals surface area contributed by atoms with Crippen molar-refractivity contribution in [3.05, 3.63) is 23.8 Å². The zero-order chi connectivity index (χ0) is 11.6. The first kappa shape index (κ1) is 11.2. The third-order valence-corrected chi connectivity index (χ3v) is 1.76. The molecule has 1 aromatic rings. The fraction of sp³-hybridized carbons (Fsp3) is 0.222. The van der Waals surface area contributed by atoms with Crippen molar-refractivity contribution in [1.29, 1.82) is 0 Å². The van der Waals surface area contributed by atoms with Gasteiger partial charge in [0.05, 0.1) is 5.69 Å². The number of nitrogens with two attached hydrogens (primary N) is 2. The molecule has 0 saturated carbocycles. The molecule has 0 aliphatic rings. The van der Waals surface area contributed by atoms with Crippen molar-refractivity contribution >= 4 is 11.6 Å². The van der Waals surface area contributed by atoms with Crippen LogP contribution in [0.2, 0.25) is 0 Å². The summed E-state index contributed by atoms with van der Waals surface area (Å²) in [4.78, 5) is 10.6. The molecule has 15 heavy (non-hydrogen) atoms. The van der Waals surface area contributed by atoms with Crippen LogP contribution in [0.25, 0.3) is 0 Å². The monoisotopic (exact) mass is 216 g/mol. The first-order chi connectivity index (χ1) is 6.91. The Morgan fingerprint density at radius 2 is 2.00 bits per heavy atom. The van der Waals surface area contributed by atoms with Crippen molar-refractivity contribution in [2.45, 2.75) is 13.0 Å². The Hall–Kier alpha value is -1.85. The summed E-state index contributed by atoms with van der Waals surface area (Å²) < 4.78 is 30.9. The Kier molecular flexibility index (Phi) is 3.08. The Morgan fingerprint density at radius 1 is 1.40 bits per heavy atom. The standard InChI is InChI=1S/C9H10F2N2O2/c1-4(9(13)14)15-8-3-5(10)7(12)2-6(8)11/h2-4H,12H2,1H3,(H2,13,14). The number of anilines is 1. The Morgan fingerprint density at radius 3 is 2.53 bits per heavy atom. The molecule has 4 nitrogen and oxygen atoms in total. The van der Waals surface area contributed by atoms with Crippen LogP contribution in [-0.2, 0) is 4.79 Å². The van der Waals surface area contributed by atoms with E-state index in [0.717, 1.165) is 12.1 Å². The number of ether oxygens (including phenoxy) is 1. The lowest BCUT2D eigenvalue weighted by Gasteiger charge is -2.12. The summed E-state index contributed by atoms with van der Waals surface area (Å²) in [6.45, 7) is 1.33. The maximum absolute atomic E-state index is 13.1. The maximum Gasteiger partial charge on any atom is 0.258 e. The second kappa shape index (κ2) is 4.12. The van der Waals surface area contributed by atoms with Gasteiger partial charge in [-0.1, -0.05) is 0 Å². The van der Waals surface area contributed by atoms with E-state index in [-0.39, 0.29) is 5.69 Å². The van der Waals surface area contributed by atoms with E-state index in [1.54, 1.807) is 0 Å². The van der Waals surface area contributed by atoms with Crippen LogP contribution in [0.3, 0.4) is 0 Å². The minimum Gasteiger partial charge on any atom is -0.478 e. The highest BCUT2D eigenvalue weighted by Crippen LogP contribution is 2.23. The summed E-state index contributed by atoms with van der Waals surface area (Å²) in [6.07, 6.45) is -1.04. The molecule has 0 bridgehead atoms. The summed E-state index contributed by atoms with van der Waals surface area (Å²) >= 11 is 0. The molecule has 1 amide bonds. The fourth-order valence-corrected chi connectivity index (χ4v) is 0.883. The number of hydrogen-bond acceptors (Lipinski definition) is 3. The van der Waals surface area contributed by atoms with Gasteiger partial charge in [-0.15, -0.1) is 0 Å². The topological polar surface area (TPSA) is 78.3 Å². The zero-order valence-electron chi connectivity index (χ0n) is 7.96. The average Bonchev–Trinajstić information content (AvgIpc) is 2.13. The molecule has 1 aromatic carbocycles. The van der Waals surface area contributed by atoms with Crippen LogP contribution in [0, 0.1) is 11.6 Å². The summed E-state index contributed by atoms with van der Waals surface area (Å²) in [5.74, 6) is -2.83. The van der Waals surface area contributed by atoms with Crippen molar-refractivity contribution in [3.8, 4) is 5.75 Å². The molecule has 4 N–H and O–H groups in total. The van der Waals surface area contributed by atoms with Gasteiger partial charge in [-0.2, -0.15) is 0 Å². The summed E-state index contributed by atoms with van der Waals surface area (Å²) in [5, 5.41) is 0. The van der Waals surface area contributed by atoms with E-state index in [4.69, 9.17) is 16.2 Å². The number of hydrogen-bond donors (Lipinski definition) is 2. The van der Waals surface area contributed by atoms with Crippen molar-refractivity contribution < 1.29 is 18.3 Å². The molecule has 0 radical (unpaired) electrons. The van der Waals surface area contributed by atoms with Crippen molar-refractivity contribution in [1.82, 2.24) is 0 Å². The highest BCUT2D eigenvalue weighted by Gasteiger charge is 2.15. The van der Waals surface area contributed by atoms with E-state index in [2.05, 4.69) is 0 Å². The fourth-order valence-electron chi connectivity index (χ4n) is 0.883. The first-order valence-electron chi connectivity index (χ1n) is 4.12. The number of carbonyl (C=O) groups excluding carboxylic acids is 1. The molecular weight excluding hydrogens is 206 g/mol. The van der Waals surface area contributed by atoms with Crippen LogP contribution in [0.5, 0.6) is 5.75 Å². The molecule has 1 unspecified atom stereocenters. The smallest absolute Gasteiger partial charge is 0.258 e. The molecule has 1 atom stereocenters. The molecule has 0 aromatic heterocycles. The predicted octanol–water partition coefficient (Wildman–Crippen LogP) is 0.800. The molecule has 0 fully saturated rings. The van der Waals surface area contributed by atoms with Gasteiger partial charge < -0.3 is 16.2 Å². The molecule has 0 heterocycles. The quantitative estimate of drug-likeness (QED) is 0.733. The van der Waals surface area contributed by atoms with Crippen molar-refractivity contribution in [3.63, 3.8) is 0 Å². The number of carbonyl (C=O) groups is 1. The van der Waals surface area contributed by atoms with Crippen LogP contribution >= 0.6 is 0 Å². The van der Waals surface area contributed by atoms with E-state index in [1.165, 1.54) is 6.92 Å². The lowest BCUT2D eigenvalue weighted by Crippen LogP contribution is -2.31. The van der Waals surface area contributed by atoms with Gasteiger partial charge in [-0.25, -0.2) is 8.78 Å². The summed E-state index contributed by atoms with van der Waals surface area (Å²) in [7, 11) is 0. The molecule has 1 rings (SSSR count). The van der Waals surface area contributed by atoms with Gasteiger partial charge in [0.2, 0.25) is 0 Å². The lowest BCUT2D eigenvalue weighted by atomic mass is 10.2. The number of halogens is 2.